The molecule has 0 aliphatic rings. The number of anilines is 1. The number of hydrogen-bond donors (Lipinski definition) is 2. The number of nitrogens with one attached hydrogen (secondary N) is 1. The van der Waals surface area contributed by atoms with E-state index in [0.717, 1.165) is 6.42 Å². The third-order valence-corrected chi connectivity index (χ3v) is 2.44. The average molecular weight is 218 g/mol. The summed E-state index contributed by atoms with van der Waals surface area (Å²) in [6, 6.07) is 2.90. The van der Waals surface area contributed by atoms with Crippen molar-refractivity contribution >= 4 is 11.8 Å². The molecule has 16 heavy (non-hydrogen) atoms. The van der Waals surface area contributed by atoms with Gasteiger partial charge in [0.15, 0.2) is 0 Å². The highest BCUT2D eigenvalue weighted by Gasteiger charge is 2.18. The summed E-state index contributed by atoms with van der Waals surface area (Å²) in [5.41, 5.74) is -0.322. The van der Waals surface area contributed by atoms with E-state index < -0.39 is 11.5 Å². The summed E-state index contributed by atoms with van der Waals surface area (Å²) < 4.78 is 0. The molecule has 2 N–H and O–H groups in total. The number of aromatic carboxylic acids is 1. The molecule has 0 aliphatic heterocycles. The van der Waals surface area contributed by atoms with E-state index in [-0.39, 0.29) is 5.56 Å². The van der Waals surface area contributed by atoms with Crippen LogP contribution in [0.15, 0.2) is 18.3 Å². The fourth-order valence-corrected chi connectivity index (χ4v) is 1.14. The van der Waals surface area contributed by atoms with Crippen LogP contribution < -0.4 is 5.32 Å². The molecule has 4 nitrogen and oxygen atoms in total. The molecule has 4 heteroatoms. The van der Waals surface area contributed by atoms with Gasteiger partial charge in [-0.2, -0.15) is 0 Å². The first-order valence-electron chi connectivity index (χ1n) is 4.96. The van der Waals surface area contributed by atoms with Crippen molar-refractivity contribution in [3.05, 3.63) is 23.9 Å². The predicted molar refractivity (Wildman–Crippen MR) is 62.3 cm³/mol. The summed E-state index contributed by atoms with van der Waals surface area (Å²) in [7, 11) is 0. The van der Waals surface area contributed by atoms with Gasteiger partial charge in [0.2, 0.25) is 0 Å². The molecule has 84 valence electrons. The molecule has 1 aromatic heterocycles. The lowest BCUT2D eigenvalue weighted by Crippen LogP contribution is -2.32. The number of carboxylic acid groups (broad SMARTS) is 1. The second-order valence-corrected chi connectivity index (χ2v) is 3.69. The van der Waals surface area contributed by atoms with Crippen molar-refractivity contribution < 1.29 is 9.90 Å². The van der Waals surface area contributed by atoms with Gasteiger partial charge in [0.25, 0.3) is 0 Å². The first-order chi connectivity index (χ1) is 7.50. The molecule has 0 fully saturated rings. The van der Waals surface area contributed by atoms with Gasteiger partial charge >= 0.3 is 5.97 Å². The Kier molecular flexibility index (Phi) is 3.51. The Bertz CT molecular complexity index is 437. The number of aromatic nitrogens is 1. The van der Waals surface area contributed by atoms with Crippen LogP contribution in [0.1, 0.15) is 30.6 Å². The van der Waals surface area contributed by atoms with Crippen molar-refractivity contribution in [3.8, 4) is 12.3 Å². The van der Waals surface area contributed by atoms with Gasteiger partial charge in [-0.25, -0.2) is 9.78 Å². The van der Waals surface area contributed by atoms with Gasteiger partial charge in [-0.05, 0) is 25.5 Å². The maximum absolute atomic E-state index is 10.8. The van der Waals surface area contributed by atoms with Gasteiger partial charge in [-0.1, -0.05) is 12.8 Å². The van der Waals surface area contributed by atoms with Gasteiger partial charge in [0.1, 0.15) is 5.82 Å². The van der Waals surface area contributed by atoms with Crippen LogP contribution in [0.2, 0.25) is 0 Å². The molecule has 0 aliphatic carbocycles. The Balaban J connectivity index is 2.94. The highest BCUT2D eigenvalue weighted by Crippen LogP contribution is 2.16. The van der Waals surface area contributed by atoms with E-state index >= 15 is 0 Å². The lowest BCUT2D eigenvalue weighted by atomic mass is 10.0. The van der Waals surface area contributed by atoms with Crippen molar-refractivity contribution in [1.82, 2.24) is 4.98 Å². The van der Waals surface area contributed by atoms with E-state index in [2.05, 4.69) is 16.2 Å². The van der Waals surface area contributed by atoms with Gasteiger partial charge in [-0.3, -0.25) is 0 Å². The lowest BCUT2D eigenvalue weighted by Gasteiger charge is -2.24. The average Bonchev–Trinajstić information content (AvgIpc) is 2.29. The standard InChI is InChI=1S/C12H14N2O2/c1-4-12(3,5-2)14-10-8-9(11(15)16)6-7-13-10/h1,6-8H,5H2,2-3H3,(H,13,14)(H,15,16). The minimum absolute atomic E-state index is 0.188. The van der Waals surface area contributed by atoms with Crippen LogP contribution in [-0.4, -0.2) is 21.6 Å². The number of pyridine rings is 1. The number of rotatable bonds is 4. The zero-order valence-electron chi connectivity index (χ0n) is 9.32. The maximum atomic E-state index is 10.8. The number of carbonyl (C=O) groups is 1. The molecule has 0 saturated heterocycles. The predicted octanol–water partition coefficient (Wildman–Crippen LogP) is 1.99. The van der Waals surface area contributed by atoms with E-state index in [1.165, 1.54) is 18.3 Å². The summed E-state index contributed by atoms with van der Waals surface area (Å²) >= 11 is 0. The Morgan fingerprint density at radius 3 is 2.94 bits per heavy atom. The van der Waals surface area contributed by atoms with Gasteiger partial charge < -0.3 is 10.4 Å². The molecular weight excluding hydrogens is 204 g/mol. The summed E-state index contributed by atoms with van der Waals surface area (Å²) in [4.78, 5) is 14.8. The van der Waals surface area contributed by atoms with Crippen molar-refractivity contribution in [2.75, 3.05) is 5.32 Å². The molecule has 0 radical (unpaired) electrons. The Hall–Kier alpha value is -2.02. The van der Waals surface area contributed by atoms with Crippen LogP contribution in [-0.2, 0) is 0 Å². The quantitative estimate of drug-likeness (QED) is 0.759. The molecule has 1 atom stereocenters. The smallest absolute Gasteiger partial charge is 0.335 e. The van der Waals surface area contributed by atoms with E-state index in [1.54, 1.807) is 0 Å². The summed E-state index contributed by atoms with van der Waals surface area (Å²) in [6.45, 7) is 3.82. The molecule has 1 aromatic rings. The van der Waals surface area contributed by atoms with Crippen LogP contribution in [0.25, 0.3) is 0 Å². The number of hydrogen-bond acceptors (Lipinski definition) is 3. The van der Waals surface area contributed by atoms with Crippen molar-refractivity contribution in [1.29, 1.82) is 0 Å². The Labute approximate surface area is 94.7 Å². The number of carboxylic acids is 1. The summed E-state index contributed by atoms with van der Waals surface area (Å²) in [6.07, 6.45) is 7.57. The minimum atomic E-state index is -0.982. The molecule has 0 spiro atoms. The summed E-state index contributed by atoms with van der Waals surface area (Å²) in [5.74, 6) is 2.12. The van der Waals surface area contributed by atoms with Crippen molar-refractivity contribution in [3.63, 3.8) is 0 Å². The van der Waals surface area contributed by atoms with Gasteiger partial charge in [-0.15, -0.1) is 6.42 Å². The van der Waals surface area contributed by atoms with Crippen molar-refractivity contribution in [2.24, 2.45) is 0 Å². The first-order valence-corrected chi connectivity index (χ1v) is 4.96. The highest BCUT2D eigenvalue weighted by molar-refractivity contribution is 5.88. The molecule has 0 amide bonds. The monoisotopic (exact) mass is 218 g/mol. The van der Waals surface area contributed by atoms with Crippen molar-refractivity contribution in [2.45, 2.75) is 25.8 Å². The van der Waals surface area contributed by atoms with Gasteiger partial charge in [0, 0.05) is 6.20 Å². The van der Waals surface area contributed by atoms with Gasteiger partial charge in [0.05, 0.1) is 11.1 Å². The molecule has 1 heterocycles. The minimum Gasteiger partial charge on any atom is -0.478 e. The molecule has 0 saturated carbocycles. The van der Waals surface area contributed by atoms with E-state index in [1.807, 2.05) is 13.8 Å². The lowest BCUT2D eigenvalue weighted by molar-refractivity contribution is 0.0697. The molecule has 1 rings (SSSR count). The largest absolute Gasteiger partial charge is 0.478 e. The maximum Gasteiger partial charge on any atom is 0.335 e. The Morgan fingerprint density at radius 2 is 2.44 bits per heavy atom. The highest BCUT2D eigenvalue weighted by atomic mass is 16.4. The fraction of sp³-hybridized carbons (Fsp3) is 0.333. The first kappa shape index (κ1) is 12.1. The molecule has 0 aromatic carbocycles. The van der Waals surface area contributed by atoms with Crippen LogP contribution in [0.5, 0.6) is 0 Å². The van der Waals surface area contributed by atoms with E-state index in [0.29, 0.717) is 5.82 Å². The molecular formula is C12H14N2O2. The SMILES string of the molecule is C#CC(C)(CC)Nc1cc(C(=O)O)ccn1. The molecule has 1 unspecified atom stereocenters. The third kappa shape index (κ3) is 2.74. The fourth-order valence-electron chi connectivity index (χ4n) is 1.14. The zero-order valence-corrected chi connectivity index (χ0v) is 9.32. The molecule has 0 bridgehead atoms. The van der Waals surface area contributed by atoms with Crippen LogP contribution in [0.3, 0.4) is 0 Å². The Morgan fingerprint density at radius 1 is 1.75 bits per heavy atom. The number of terminal acetylenes is 1. The third-order valence-electron chi connectivity index (χ3n) is 2.44. The van der Waals surface area contributed by atoms with Crippen LogP contribution in [0, 0.1) is 12.3 Å². The van der Waals surface area contributed by atoms with E-state index in [4.69, 9.17) is 11.5 Å². The normalized spacial score (nSPS) is 13.6. The van der Waals surface area contributed by atoms with Crippen LogP contribution in [0.4, 0.5) is 5.82 Å². The topological polar surface area (TPSA) is 62.2 Å². The second-order valence-electron chi connectivity index (χ2n) is 3.69. The van der Waals surface area contributed by atoms with E-state index in [9.17, 15) is 4.79 Å². The summed E-state index contributed by atoms with van der Waals surface area (Å²) in [5, 5.41) is 11.9. The number of nitrogens with zero attached hydrogens (tertiary/aromatic N) is 1. The second kappa shape index (κ2) is 4.67. The van der Waals surface area contributed by atoms with Crippen LogP contribution >= 0.6 is 0 Å². The zero-order chi connectivity index (χ0) is 12.2.